The van der Waals surface area contributed by atoms with Gasteiger partial charge < -0.3 is 5.32 Å². The zero-order chi connectivity index (χ0) is 12.7. The van der Waals surface area contributed by atoms with E-state index in [0.717, 1.165) is 23.7 Å². The first-order valence-corrected chi connectivity index (χ1v) is 7.33. The third-order valence-corrected chi connectivity index (χ3v) is 4.37. The molecule has 2 aromatic rings. The van der Waals surface area contributed by atoms with Crippen LogP contribution in [0.5, 0.6) is 0 Å². The number of nitrogens with zero attached hydrogens (tertiary/aromatic N) is 1. The summed E-state index contributed by atoms with van der Waals surface area (Å²) in [6, 6.07) is 6.58. The number of halogens is 1. The molecule has 4 heteroatoms. The molecule has 0 unspecified atom stereocenters. The summed E-state index contributed by atoms with van der Waals surface area (Å²) < 4.78 is 0. The van der Waals surface area contributed by atoms with Gasteiger partial charge in [0.05, 0.1) is 5.69 Å². The second-order valence-corrected chi connectivity index (χ2v) is 6.50. The van der Waals surface area contributed by atoms with Crippen molar-refractivity contribution in [3.63, 3.8) is 0 Å². The minimum Gasteiger partial charge on any atom is -0.308 e. The summed E-state index contributed by atoms with van der Waals surface area (Å²) in [6.07, 6.45) is 0.977. The molecule has 18 heavy (non-hydrogen) atoms. The minimum absolute atomic E-state index is 0.495. The van der Waals surface area contributed by atoms with Crippen molar-refractivity contribution in [2.24, 2.45) is 0 Å². The Labute approximate surface area is 116 Å². The minimum atomic E-state index is 0.495. The number of aromatic nitrogens is 1. The van der Waals surface area contributed by atoms with Gasteiger partial charge in [-0.25, -0.2) is 4.98 Å². The van der Waals surface area contributed by atoms with Crippen molar-refractivity contribution < 1.29 is 0 Å². The number of benzene rings is 1. The van der Waals surface area contributed by atoms with Crippen LogP contribution in [-0.4, -0.2) is 11.0 Å². The van der Waals surface area contributed by atoms with Gasteiger partial charge in [0.2, 0.25) is 0 Å². The lowest BCUT2D eigenvalue weighted by Gasteiger charge is -2.05. The van der Waals surface area contributed by atoms with Crippen LogP contribution in [0, 0.1) is 0 Å². The Morgan fingerprint density at radius 1 is 1.44 bits per heavy atom. The Bertz CT molecular complexity index is 589. The maximum absolute atomic E-state index is 6.02. The largest absolute Gasteiger partial charge is 0.308 e. The molecule has 2 nitrogen and oxygen atoms in total. The van der Waals surface area contributed by atoms with E-state index >= 15 is 0 Å². The third kappa shape index (κ3) is 2.18. The fourth-order valence-corrected chi connectivity index (χ4v) is 3.46. The van der Waals surface area contributed by atoms with Gasteiger partial charge in [-0.3, -0.25) is 0 Å². The molecule has 0 spiro atoms. The molecule has 1 aromatic carbocycles. The lowest BCUT2D eigenvalue weighted by Crippen LogP contribution is -2.21. The maximum Gasteiger partial charge on any atom is 0.107 e. The van der Waals surface area contributed by atoms with E-state index in [0.29, 0.717) is 6.04 Å². The van der Waals surface area contributed by atoms with Gasteiger partial charge in [0.15, 0.2) is 0 Å². The highest BCUT2D eigenvalue weighted by Gasteiger charge is 2.23. The Morgan fingerprint density at radius 2 is 2.28 bits per heavy atom. The molecule has 0 amide bonds. The summed E-state index contributed by atoms with van der Waals surface area (Å²) in [7, 11) is 0. The fraction of sp³-hybridized carbons (Fsp3) is 0.357. The van der Waals surface area contributed by atoms with E-state index in [9.17, 15) is 0 Å². The van der Waals surface area contributed by atoms with Crippen molar-refractivity contribution >= 4 is 22.9 Å². The van der Waals surface area contributed by atoms with Crippen LogP contribution in [-0.2, 0) is 13.0 Å². The van der Waals surface area contributed by atoms with E-state index in [1.807, 2.05) is 17.4 Å². The summed E-state index contributed by atoms with van der Waals surface area (Å²) in [4.78, 5) is 6.12. The molecule has 0 aliphatic heterocycles. The molecule has 1 aliphatic carbocycles. The molecule has 3 rings (SSSR count). The van der Waals surface area contributed by atoms with Gasteiger partial charge in [0.1, 0.15) is 5.01 Å². The maximum atomic E-state index is 6.02. The molecule has 1 heterocycles. The standard InChI is InChI=1S/C14H15ClN2S/c1-8(2)16-7-13-17-14-11-4-3-10(15)5-9(11)6-12(14)18-13/h3-5,8,16H,6-7H2,1-2H3. The molecule has 0 saturated heterocycles. The Morgan fingerprint density at radius 3 is 3.06 bits per heavy atom. The summed E-state index contributed by atoms with van der Waals surface area (Å²) in [5, 5.41) is 5.40. The molecule has 0 saturated carbocycles. The number of thiazole rings is 1. The summed E-state index contributed by atoms with van der Waals surface area (Å²) in [5.41, 5.74) is 3.72. The van der Waals surface area contributed by atoms with E-state index in [2.05, 4.69) is 31.3 Å². The molecular formula is C14H15ClN2S. The highest BCUT2D eigenvalue weighted by atomic mass is 35.5. The molecular weight excluding hydrogens is 264 g/mol. The third-order valence-electron chi connectivity index (χ3n) is 3.08. The van der Waals surface area contributed by atoms with E-state index < -0.39 is 0 Å². The first kappa shape index (κ1) is 12.2. The average Bonchev–Trinajstić information content (AvgIpc) is 2.82. The SMILES string of the molecule is CC(C)NCc1nc2c(s1)Cc1cc(Cl)ccc1-2. The molecule has 1 N–H and O–H groups in total. The van der Waals surface area contributed by atoms with Gasteiger partial charge in [0.25, 0.3) is 0 Å². The highest BCUT2D eigenvalue weighted by Crippen LogP contribution is 2.40. The number of fused-ring (bicyclic) bond motifs is 3. The Balaban J connectivity index is 1.88. The predicted molar refractivity (Wildman–Crippen MR) is 77.3 cm³/mol. The van der Waals surface area contributed by atoms with Crippen molar-refractivity contribution in [2.75, 3.05) is 0 Å². The van der Waals surface area contributed by atoms with E-state index in [4.69, 9.17) is 16.6 Å². The predicted octanol–water partition coefficient (Wildman–Crippen LogP) is 3.87. The fourth-order valence-electron chi connectivity index (χ4n) is 2.21. The van der Waals surface area contributed by atoms with Crippen LogP contribution >= 0.6 is 22.9 Å². The van der Waals surface area contributed by atoms with Gasteiger partial charge in [-0.15, -0.1) is 11.3 Å². The summed E-state index contributed by atoms with van der Waals surface area (Å²) in [6.45, 7) is 5.16. The van der Waals surface area contributed by atoms with Crippen LogP contribution in [0.2, 0.25) is 5.02 Å². The van der Waals surface area contributed by atoms with Crippen LogP contribution in [0.3, 0.4) is 0 Å². The van der Waals surface area contributed by atoms with Crippen molar-refractivity contribution in [3.8, 4) is 11.3 Å². The van der Waals surface area contributed by atoms with Crippen LogP contribution in [0.15, 0.2) is 18.2 Å². The van der Waals surface area contributed by atoms with Crippen molar-refractivity contribution in [2.45, 2.75) is 32.9 Å². The molecule has 0 bridgehead atoms. The molecule has 0 fully saturated rings. The van der Waals surface area contributed by atoms with E-state index in [-0.39, 0.29) is 0 Å². The normalized spacial score (nSPS) is 12.9. The zero-order valence-electron chi connectivity index (χ0n) is 10.5. The first-order chi connectivity index (χ1) is 8.63. The monoisotopic (exact) mass is 278 g/mol. The van der Waals surface area contributed by atoms with Crippen LogP contribution < -0.4 is 5.32 Å². The highest BCUT2D eigenvalue weighted by molar-refractivity contribution is 7.12. The first-order valence-electron chi connectivity index (χ1n) is 6.14. The lowest BCUT2D eigenvalue weighted by atomic mass is 10.1. The van der Waals surface area contributed by atoms with Crippen molar-refractivity contribution in [3.05, 3.63) is 38.7 Å². The second-order valence-electron chi connectivity index (χ2n) is 4.89. The van der Waals surface area contributed by atoms with Gasteiger partial charge in [0, 0.05) is 34.5 Å². The topological polar surface area (TPSA) is 24.9 Å². The van der Waals surface area contributed by atoms with Crippen LogP contribution in [0.4, 0.5) is 0 Å². The summed E-state index contributed by atoms with van der Waals surface area (Å²) >= 11 is 7.83. The molecule has 0 atom stereocenters. The van der Waals surface area contributed by atoms with Gasteiger partial charge in [-0.05, 0) is 17.7 Å². The quantitative estimate of drug-likeness (QED) is 0.787. The van der Waals surface area contributed by atoms with Gasteiger partial charge >= 0.3 is 0 Å². The summed E-state index contributed by atoms with van der Waals surface area (Å²) in [5.74, 6) is 0. The Hall–Kier alpha value is -0.900. The van der Waals surface area contributed by atoms with Crippen molar-refractivity contribution in [1.82, 2.24) is 10.3 Å². The smallest absolute Gasteiger partial charge is 0.107 e. The zero-order valence-corrected chi connectivity index (χ0v) is 12.0. The van der Waals surface area contributed by atoms with Crippen LogP contribution in [0.1, 0.15) is 29.3 Å². The molecule has 94 valence electrons. The van der Waals surface area contributed by atoms with Crippen LogP contribution in [0.25, 0.3) is 11.3 Å². The second kappa shape index (κ2) is 4.65. The molecule has 1 aromatic heterocycles. The van der Waals surface area contributed by atoms with E-state index in [1.54, 1.807) is 0 Å². The van der Waals surface area contributed by atoms with Gasteiger partial charge in [-0.2, -0.15) is 0 Å². The number of hydrogen-bond donors (Lipinski definition) is 1. The van der Waals surface area contributed by atoms with Gasteiger partial charge in [-0.1, -0.05) is 31.5 Å². The lowest BCUT2D eigenvalue weighted by molar-refractivity contribution is 0.587. The number of rotatable bonds is 3. The number of nitrogens with one attached hydrogen (secondary N) is 1. The number of hydrogen-bond acceptors (Lipinski definition) is 3. The Kier molecular flexibility index (Phi) is 3.14. The molecule has 1 aliphatic rings. The molecule has 0 radical (unpaired) electrons. The van der Waals surface area contributed by atoms with Crippen molar-refractivity contribution in [1.29, 1.82) is 0 Å². The van der Waals surface area contributed by atoms with E-state index in [1.165, 1.54) is 21.0 Å². The average molecular weight is 279 g/mol.